The molecule has 0 aliphatic carbocycles. The second-order valence-corrected chi connectivity index (χ2v) is 4.29. The van der Waals surface area contributed by atoms with Crippen molar-refractivity contribution in [2.75, 3.05) is 13.1 Å². The second-order valence-electron chi connectivity index (χ2n) is 4.29. The van der Waals surface area contributed by atoms with Gasteiger partial charge in [0.1, 0.15) is 0 Å². The summed E-state index contributed by atoms with van der Waals surface area (Å²) in [6.45, 7) is 2.33. The van der Waals surface area contributed by atoms with Gasteiger partial charge < -0.3 is 11.1 Å². The van der Waals surface area contributed by atoms with E-state index in [1.807, 2.05) is 12.3 Å². The van der Waals surface area contributed by atoms with Crippen LogP contribution < -0.4 is 11.1 Å². The molecule has 0 fully saturated rings. The summed E-state index contributed by atoms with van der Waals surface area (Å²) in [4.78, 5) is 4.48. The Morgan fingerprint density at radius 1 is 1.00 bits per heavy atom. The zero-order chi connectivity index (χ0) is 12.6. The number of benzene rings is 1. The Labute approximate surface area is 108 Å². The van der Waals surface area contributed by atoms with E-state index in [4.69, 9.17) is 5.73 Å². The summed E-state index contributed by atoms with van der Waals surface area (Å²) in [5, 5.41) is 3.26. The van der Waals surface area contributed by atoms with Crippen molar-refractivity contribution in [3.8, 4) is 0 Å². The van der Waals surface area contributed by atoms with E-state index >= 15 is 0 Å². The first-order chi connectivity index (χ1) is 8.88. The lowest BCUT2D eigenvalue weighted by molar-refractivity contribution is 0.692. The molecule has 3 heteroatoms. The fraction of sp³-hybridized carbons (Fsp3) is 0.267. The van der Waals surface area contributed by atoms with Crippen LogP contribution in [-0.2, 0) is 13.0 Å². The van der Waals surface area contributed by atoms with Crippen molar-refractivity contribution >= 4 is 0 Å². The molecule has 0 aliphatic rings. The Morgan fingerprint density at radius 3 is 2.50 bits per heavy atom. The summed E-state index contributed by atoms with van der Waals surface area (Å²) < 4.78 is 0. The van der Waals surface area contributed by atoms with E-state index < -0.39 is 0 Å². The van der Waals surface area contributed by atoms with Crippen LogP contribution in [0.25, 0.3) is 0 Å². The molecule has 0 aliphatic heterocycles. The highest BCUT2D eigenvalue weighted by Crippen LogP contribution is 2.07. The van der Waals surface area contributed by atoms with E-state index in [-0.39, 0.29) is 0 Å². The molecular weight excluding hydrogens is 222 g/mol. The molecule has 0 saturated carbocycles. The van der Waals surface area contributed by atoms with Crippen molar-refractivity contribution in [2.45, 2.75) is 13.0 Å². The smallest absolute Gasteiger partial charge is 0.0447 e. The zero-order valence-corrected chi connectivity index (χ0v) is 10.5. The van der Waals surface area contributed by atoms with Gasteiger partial charge in [-0.1, -0.05) is 36.4 Å². The van der Waals surface area contributed by atoms with Gasteiger partial charge in [-0.3, -0.25) is 4.98 Å². The Balaban J connectivity index is 1.91. The summed E-state index contributed by atoms with van der Waals surface area (Å²) in [7, 11) is 0. The van der Waals surface area contributed by atoms with Crippen molar-refractivity contribution in [3.05, 3.63) is 65.5 Å². The number of aromatic nitrogens is 1. The van der Waals surface area contributed by atoms with Crippen LogP contribution in [0.2, 0.25) is 0 Å². The minimum atomic E-state index is 0.666. The van der Waals surface area contributed by atoms with Crippen LogP contribution in [0.5, 0.6) is 0 Å². The van der Waals surface area contributed by atoms with Gasteiger partial charge in [-0.25, -0.2) is 0 Å². The minimum Gasteiger partial charge on any atom is -0.329 e. The van der Waals surface area contributed by atoms with E-state index in [9.17, 15) is 0 Å². The van der Waals surface area contributed by atoms with Gasteiger partial charge in [0.2, 0.25) is 0 Å². The molecule has 18 heavy (non-hydrogen) atoms. The zero-order valence-electron chi connectivity index (χ0n) is 10.5. The van der Waals surface area contributed by atoms with Gasteiger partial charge in [-0.2, -0.15) is 0 Å². The number of hydrogen-bond acceptors (Lipinski definition) is 3. The molecule has 2 rings (SSSR count). The van der Waals surface area contributed by atoms with Gasteiger partial charge in [0.05, 0.1) is 0 Å². The van der Waals surface area contributed by atoms with E-state index in [1.165, 1.54) is 11.1 Å². The Kier molecular flexibility index (Phi) is 4.88. The molecule has 0 bridgehead atoms. The number of rotatable bonds is 6. The highest BCUT2D eigenvalue weighted by molar-refractivity contribution is 5.23. The maximum atomic E-state index is 5.42. The van der Waals surface area contributed by atoms with E-state index in [2.05, 4.69) is 46.7 Å². The van der Waals surface area contributed by atoms with Gasteiger partial charge in [-0.05, 0) is 17.2 Å². The molecule has 1 aromatic heterocycles. The highest BCUT2D eigenvalue weighted by Gasteiger charge is 1.98. The second kappa shape index (κ2) is 6.89. The summed E-state index contributed by atoms with van der Waals surface area (Å²) >= 11 is 0. The Morgan fingerprint density at radius 2 is 1.83 bits per heavy atom. The molecule has 94 valence electrons. The lowest BCUT2D eigenvalue weighted by Gasteiger charge is -2.05. The van der Waals surface area contributed by atoms with Gasteiger partial charge in [0.25, 0.3) is 0 Å². The maximum absolute atomic E-state index is 5.42. The fourth-order valence-electron chi connectivity index (χ4n) is 1.80. The summed E-state index contributed by atoms with van der Waals surface area (Å²) in [6.07, 6.45) is 2.82. The third-order valence-corrected chi connectivity index (χ3v) is 2.76. The number of hydrogen-bond donors (Lipinski definition) is 2. The van der Waals surface area contributed by atoms with Crippen molar-refractivity contribution < 1.29 is 0 Å². The monoisotopic (exact) mass is 241 g/mol. The summed E-state index contributed by atoms with van der Waals surface area (Å²) in [5.41, 5.74) is 9.01. The van der Waals surface area contributed by atoms with Crippen molar-refractivity contribution in [2.24, 2.45) is 5.73 Å². The highest BCUT2D eigenvalue weighted by atomic mass is 14.9. The first-order valence-electron chi connectivity index (χ1n) is 6.27. The first kappa shape index (κ1) is 12.7. The van der Waals surface area contributed by atoms with Crippen molar-refractivity contribution in [3.63, 3.8) is 0 Å². The SMILES string of the molecule is NCCNCc1ccc(Cc2ccccc2)nc1. The maximum Gasteiger partial charge on any atom is 0.0447 e. The van der Waals surface area contributed by atoms with Crippen LogP contribution in [-0.4, -0.2) is 18.1 Å². The number of nitrogens with zero attached hydrogens (tertiary/aromatic N) is 1. The predicted octanol–water partition coefficient (Wildman–Crippen LogP) is 1.72. The lowest BCUT2D eigenvalue weighted by atomic mass is 10.1. The molecule has 0 atom stereocenters. The van der Waals surface area contributed by atoms with E-state index in [0.717, 1.165) is 25.2 Å². The molecule has 3 N–H and O–H groups in total. The van der Waals surface area contributed by atoms with Crippen LogP contribution in [0.15, 0.2) is 48.7 Å². The largest absolute Gasteiger partial charge is 0.329 e. The van der Waals surface area contributed by atoms with Crippen molar-refractivity contribution in [1.29, 1.82) is 0 Å². The van der Waals surface area contributed by atoms with Crippen LogP contribution in [0.3, 0.4) is 0 Å². The fourth-order valence-corrected chi connectivity index (χ4v) is 1.80. The molecular formula is C15H19N3. The normalized spacial score (nSPS) is 10.5. The van der Waals surface area contributed by atoms with Gasteiger partial charge >= 0.3 is 0 Å². The van der Waals surface area contributed by atoms with Crippen LogP contribution in [0, 0.1) is 0 Å². The van der Waals surface area contributed by atoms with E-state index in [1.54, 1.807) is 0 Å². The van der Waals surface area contributed by atoms with Gasteiger partial charge in [0, 0.05) is 37.9 Å². The minimum absolute atomic E-state index is 0.666. The van der Waals surface area contributed by atoms with Crippen LogP contribution in [0.4, 0.5) is 0 Å². The topological polar surface area (TPSA) is 50.9 Å². The molecule has 0 spiro atoms. The van der Waals surface area contributed by atoms with Crippen molar-refractivity contribution in [1.82, 2.24) is 10.3 Å². The first-order valence-corrected chi connectivity index (χ1v) is 6.27. The lowest BCUT2D eigenvalue weighted by Crippen LogP contribution is -2.21. The average Bonchev–Trinajstić information content (AvgIpc) is 2.42. The molecule has 0 saturated heterocycles. The Hall–Kier alpha value is -1.71. The predicted molar refractivity (Wildman–Crippen MR) is 74.2 cm³/mol. The third kappa shape index (κ3) is 3.95. The molecule has 0 radical (unpaired) electrons. The van der Waals surface area contributed by atoms with Gasteiger partial charge in [0.15, 0.2) is 0 Å². The molecule has 3 nitrogen and oxygen atoms in total. The molecule has 0 amide bonds. The third-order valence-electron chi connectivity index (χ3n) is 2.76. The number of nitrogens with two attached hydrogens (primary N) is 1. The summed E-state index contributed by atoms with van der Waals surface area (Å²) in [6, 6.07) is 14.6. The molecule has 1 heterocycles. The van der Waals surface area contributed by atoms with Gasteiger partial charge in [-0.15, -0.1) is 0 Å². The van der Waals surface area contributed by atoms with Crippen LogP contribution in [0.1, 0.15) is 16.8 Å². The summed E-state index contributed by atoms with van der Waals surface area (Å²) in [5.74, 6) is 0. The average molecular weight is 241 g/mol. The molecule has 0 unspecified atom stereocenters. The molecule has 2 aromatic rings. The standard InChI is InChI=1S/C15H19N3/c16-8-9-17-11-14-6-7-15(18-12-14)10-13-4-2-1-3-5-13/h1-7,12,17H,8-11,16H2. The molecule has 1 aromatic carbocycles. The quantitative estimate of drug-likeness (QED) is 0.757. The number of pyridine rings is 1. The number of nitrogens with one attached hydrogen (secondary N) is 1. The van der Waals surface area contributed by atoms with Crippen LogP contribution >= 0.6 is 0 Å². The van der Waals surface area contributed by atoms with E-state index in [0.29, 0.717) is 6.54 Å². The Bertz CT molecular complexity index is 451.